The summed E-state index contributed by atoms with van der Waals surface area (Å²) in [6, 6.07) is 19.0. The van der Waals surface area contributed by atoms with Gasteiger partial charge in [0.15, 0.2) is 0 Å². The first-order chi connectivity index (χ1) is 19.1. The normalized spacial score (nSPS) is 16.9. The molecular formula is C31H33ClFN3O4. The first-order valence-electron chi connectivity index (χ1n) is 13.2. The average Bonchev–Trinajstić information content (AvgIpc) is 3.02. The first-order valence-corrected chi connectivity index (χ1v) is 13.6. The summed E-state index contributed by atoms with van der Waals surface area (Å²) in [6.07, 6.45) is -2.06. The Kier molecular flexibility index (Phi) is 9.55. The molecule has 210 valence electrons. The van der Waals surface area contributed by atoms with Crippen molar-refractivity contribution in [2.24, 2.45) is 5.92 Å². The van der Waals surface area contributed by atoms with Gasteiger partial charge < -0.3 is 20.3 Å². The van der Waals surface area contributed by atoms with E-state index in [2.05, 4.69) is 10.6 Å². The number of amides is 3. The van der Waals surface area contributed by atoms with Gasteiger partial charge in [0.25, 0.3) is 5.91 Å². The van der Waals surface area contributed by atoms with Gasteiger partial charge in [-0.05, 0) is 41.3 Å². The monoisotopic (exact) mass is 565 g/mol. The zero-order valence-electron chi connectivity index (χ0n) is 22.7. The van der Waals surface area contributed by atoms with E-state index in [9.17, 15) is 18.8 Å². The van der Waals surface area contributed by atoms with Crippen LogP contribution in [0.5, 0.6) is 0 Å². The minimum absolute atomic E-state index is 0.00736. The zero-order chi connectivity index (χ0) is 28.8. The fourth-order valence-corrected chi connectivity index (χ4v) is 4.87. The molecule has 0 aromatic heterocycles. The Bertz CT molecular complexity index is 1400. The highest BCUT2D eigenvalue weighted by Crippen LogP contribution is 2.40. The van der Waals surface area contributed by atoms with E-state index in [0.29, 0.717) is 34.9 Å². The number of rotatable bonds is 9. The molecule has 4 rings (SSSR count). The van der Waals surface area contributed by atoms with E-state index >= 15 is 0 Å². The van der Waals surface area contributed by atoms with E-state index in [1.807, 2.05) is 38.1 Å². The number of hydrogen-bond acceptors (Lipinski definition) is 4. The van der Waals surface area contributed by atoms with Crippen molar-refractivity contribution in [1.29, 1.82) is 0 Å². The van der Waals surface area contributed by atoms with E-state index in [0.717, 1.165) is 11.1 Å². The predicted octanol–water partition coefficient (Wildman–Crippen LogP) is 5.30. The lowest BCUT2D eigenvalue weighted by atomic mass is 9.97. The van der Waals surface area contributed by atoms with E-state index in [-0.39, 0.29) is 30.7 Å². The third-order valence-electron chi connectivity index (χ3n) is 6.55. The third-order valence-corrected chi connectivity index (χ3v) is 6.79. The smallest absolute Gasteiger partial charge is 0.256 e. The number of nitrogens with one attached hydrogen (secondary N) is 2. The van der Waals surface area contributed by atoms with E-state index in [1.165, 1.54) is 13.0 Å². The summed E-state index contributed by atoms with van der Waals surface area (Å²) in [5.41, 5.74) is 3.32. The predicted molar refractivity (Wildman–Crippen MR) is 152 cm³/mol. The van der Waals surface area contributed by atoms with Gasteiger partial charge in [-0.25, -0.2) is 4.39 Å². The minimum Gasteiger partial charge on any atom is -0.355 e. The highest BCUT2D eigenvalue weighted by Gasteiger charge is 2.38. The van der Waals surface area contributed by atoms with Gasteiger partial charge in [0.1, 0.15) is 18.0 Å². The summed E-state index contributed by atoms with van der Waals surface area (Å²) in [5, 5.41) is 5.99. The Morgan fingerprint density at radius 3 is 2.52 bits per heavy atom. The lowest BCUT2D eigenvalue weighted by Gasteiger charge is -2.26. The maximum atomic E-state index is 14.1. The molecule has 7 nitrogen and oxygen atoms in total. The maximum absolute atomic E-state index is 14.1. The molecule has 0 bridgehead atoms. The second-order valence-electron chi connectivity index (χ2n) is 10.3. The largest absolute Gasteiger partial charge is 0.355 e. The van der Waals surface area contributed by atoms with Crippen molar-refractivity contribution in [3.8, 4) is 0 Å². The van der Waals surface area contributed by atoms with Crippen LogP contribution in [0, 0.1) is 11.7 Å². The molecule has 0 spiro atoms. The van der Waals surface area contributed by atoms with Crippen LogP contribution in [0.2, 0.25) is 5.02 Å². The van der Waals surface area contributed by atoms with Crippen molar-refractivity contribution in [1.82, 2.24) is 10.6 Å². The fourth-order valence-electron chi connectivity index (χ4n) is 4.69. The highest BCUT2D eigenvalue weighted by molar-refractivity contribution is 6.30. The lowest BCUT2D eigenvalue weighted by molar-refractivity contribution is -0.138. The molecule has 0 saturated heterocycles. The Morgan fingerprint density at radius 2 is 1.80 bits per heavy atom. The molecule has 2 atom stereocenters. The second-order valence-corrected chi connectivity index (χ2v) is 10.7. The van der Waals surface area contributed by atoms with Crippen molar-refractivity contribution in [2.45, 2.75) is 52.5 Å². The Hall–Kier alpha value is -3.75. The minimum atomic E-state index is -1.10. The summed E-state index contributed by atoms with van der Waals surface area (Å²) >= 11 is 6.42. The molecule has 3 amide bonds. The highest BCUT2D eigenvalue weighted by atomic mass is 35.5. The van der Waals surface area contributed by atoms with Crippen LogP contribution in [0.3, 0.4) is 0 Å². The van der Waals surface area contributed by atoms with E-state index < -0.39 is 23.9 Å². The molecule has 40 heavy (non-hydrogen) atoms. The van der Waals surface area contributed by atoms with Gasteiger partial charge in [-0.2, -0.15) is 0 Å². The standard InChI is InChI=1S/C31H33ClFN3O4/c1-19(2)18-36-27-12-11-24(32)14-25(27)30(22-9-6-7-21(13-22)16-34-20(3)37)40-28(31(36)39)15-29(38)35-17-23-8-4-5-10-26(23)33/h4-14,19,28,30H,15-18H2,1-3H3,(H,34,37)(H,35,38). The summed E-state index contributed by atoms with van der Waals surface area (Å²) < 4.78 is 20.5. The molecule has 2 N–H and O–H groups in total. The zero-order valence-corrected chi connectivity index (χ0v) is 23.5. The lowest BCUT2D eigenvalue weighted by Crippen LogP contribution is -2.43. The van der Waals surface area contributed by atoms with Crippen LogP contribution in [0.4, 0.5) is 10.1 Å². The summed E-state index contributed by atoms with van der Waals surface area (Å²) in [6.45, 7) is 6.21. The van der Waals surface area contributed by atoms with Crippen molar-refractivity contribution < 1.29 is 23.5 Å². The number of ether oxygens (including phenoxy) is 1. The molecule has 0 saturated carbocycles. The number of anilines is 1. The van der Waals surface area contributed by atoms with Crippen molar-refractivity contribution in [3.63, 3.8) is 0 Å². The number of carbonyl (C=O) groups excluding carboxylic acids is 3. The van der Waals surface area contributed by atoms with Gasteiger partial charge in [0, 0.05) is 48.4 Å². The van der Waals surface area contributed by atoms with Gasteiger partial charge in [0.05, 0.1) is 6.42 Å². The van der Waals surface area contributed by atoms with Crippen LogP contribution < -0.4 is 15.5 Å². The topological polar surface area (TPSA) is 87.7 Å². The SMILES string of the molecule is CC(=O)NCc1cccc(C2OC(CC(=O)NCc3ccccc3F)C(=O)N(CC(C)C)c3ccc(Cl)cc32)c1. The summed E-state index contributed by atoms with van der Waals surface area (Å²) in [7, 11) is 0. The van der Waals surface area contributed by atoms with E-state index in [1.54, 1.807) is 41.3 Å². The fraction of sp³-hybridized carbons (Fsp3) is 0.323. The van der Waals surface area contributed by atoms with Gasteiger partial charge in [-0.3, -0.25) is 14.4 Å². The van der Waals surface area contributed by atoms with Crippen LogP contribution in [0.1, 0.15) is 55.5 Å². The number of nitrogens with zero attached hydrogens (tertiary/aromatic N) is 1. The molecule has 1 aliphatic rings. The molecule has 9 heteroatoms. The Labute approximate surface area is 238 Å². The van der Waals surface area contributed by atoms with Crippen LogP contribution in [-0.4, -0.2) is 30.4 Å². The molecule has 1 aliphatic heterocycles. The van der Waals surface area contributed by atoms with Gasteiger partial charge >= 0.3 is 0 Å². The van der Waals surface area contributed by atoms with E-state index in [4.69, 9.17) is 16.3 Å². The van der Waals surface area contributed by atoms with Crippen LogP contribution in [0.15, 0.2) is 66.7 Å². The Morgan fingerprint density at radius 1 is 1.02 bits per heavy atom. The quantitative estimate of drug-likeness (QED) is 0.369. The molecule has 1 heterocycles. The number of hydrogen-bond donors (Lipinski definition) is 2. The second kappa shape index (κ2) is 13.1. The molecule has 0 aliphatic carbocycles. The van der Waals surface area contributed by atoms with Gasteiger partial charge in [-0.15, -0.1) is 0 Å². The molecule has 3 aromatic rings. The number of halogens is 2. The molecule has 0 fully saturated rings. The van der Waals surface area contributed by atoms with Crippen molar-refractivity contribution in [3.05, 3.63) is 99.8 Å². The van der Waals surface area contributed by atoms with Crippen molar-refractivity contribution >= 4 is 35.0 Å². The molecular weight excluding hydrogens is 533 g/mol. The number of fused-ring (bicyclic) bond motifs is 1. The summed E-state index contributed by atoms with van der Waals surface area (Å²) in [4.78, 5) is 40.0. The van der Waals surface area contributed by atoms with Crippen molar-refractivity contribution in [2.75, 3.05) is 11.4 Å². The van der Waals surface area contributed by atoms with Crippen LogP contribution in [0.25, 0.3) is 0 Å². The Balaban J connectivity index is 1.68. The molecule has 3 aromatic carbocycles. The van der Waals surface area contributed by atoms with Crippen LogP contribution >= 0.6 is 11.6 Å². The molecule has 0 radical (unpaired) electrons. The average molecular weight is 566 g/mol. The maximum Gasteiger partial charge on any atom is 0.256 e. The van der Waals surface area contributed by atoms with Gasteiger partial charge in [0.2, 0.25) is 11.8 Å². The molecule has 2 unspecified atom stereocenters. The van der Waals surface area contributed by atoms with Crippen LogP contribution in [-0.2, 0) is 32.2 Å². The number of benzene rings is 3. The number of carbonyl (C=O) groups is 3. The third kappa shape index (κ3) is 7.25. The first kappa shape index (κ1) is 29.2. The van der Waals surface area contributed by atoms with Gasteiger partial charge in [-0.1, -0.05) is 67.9 Å². The summed E-state index contributed by atoms with van der Waals surface area (Å²) in [5.74, 6) is -1.20.